The lowest BCUT2D eigenvalue weighted by Crippen LogP contribution is -2.49. The summed E-state index contributed by atoms with van der Waals surface area (Å²) in [4.78, 5) is 70.7. The van der Waals surface area contributed by atoms with Gasteiger partial charge in [-0.15, -0.1) is 0 Å². The smallest absolute Gasteiger partial charge is 0.386 e. The Morgan fingerprint density at radius 1 is 0.717 bits per heavy atom. The molecule has 12 atom stereocenters. The molecule has 7 heterocycles. The molecule has 0 bridgehead atoms. The molecule has 0 aromatic heterocycles. The van der Waals surface area contributed by atoms with Gasteiger partial charge in [0.1, 0.15) is 36.6 Å². The zero-order valence-electron chi connectivity index (χ0n) is 22.8. The van der Waals surface area contributed by atoms with Crippen LogP contribution < -0.4 is 11.5 Å². The topological polar surface area (TPSA) is 337 Å². The summed E-state index contributed by atoms with van der Waals surface area (Å²) in [5.41, 5.74) is 11.2. The molecule has 46 heavy (non-hydrogen) atoms. The quantitative estimate of drug-likeness (QED) is 0.148. The van der Waals surface area contributed by atoms with Gasteiger partial charge in [0.2, 0.25) is 11.9 Å². The Hall–Kier alpha value is -3.38. The molecule has 0 saturated carbocycles. The summed E-state index contributed by atoms with van der Waals surface area (Å²) in [6.45, 7) is -1.74. The molecule has 24 nitrogen and oxygen atoms in total. The molecule has 0 spiro atoms. The molecule has 7 aliphatic rings. The van der Waals surface area contributed by atoms with Crippen LogP contribution in [0.5, 0.6) is 0 Å². The van der Waals surface area contributed by atoms with Gasteiger partial charge in [0, 0.05) is 0 Å². The first-order chi connectivity index (χ1) is 21.7. The minimum absolute atomic E-state index is 0.0687. The van der Waals surface area contributed by atoms with E-state index in [0.717, 1.165) is 22.5 Å². The second-order valence-corrected chi connectivity index (χ2v) is 13.3. The number of carbonyl (C=O) groups is 2. The Kier molecular flexibility index (Phi) is 7.54. The van der Waals surface area contributed by atoms with Gasteiger partial charge in [-0.05, 0) is 0 Å². The highest BCUT2D eigenvalue weighted by molar-refractivity contribution is 7.47. The Bertz CT molecular complexity index is 1530. The summed E-state index contributed by atoms with van der Waals surface area (Å²) in [6, 6.07) is -2.37. The van der Waals surface area contributed by atoms with Crippen LogP contribution in [0.25, 0.3) is 0 Å². The first-order valence-electron chi connectivity index (χ1n) is 13.3. The van der Waals surface area contributed by atoms with Crippen molar-refractivity contribution in [3.8, 4) is 0 Å². The van der Waals surface area contributed by atoms with Crippen molar-refractivity contribution in [3.05, 3.63) is 0 Å². The highest BCUT2D eigenvalue weighted by atomic mass is 31.2. The molecular weight excluding hydrogens is 666 g/mol. The Balaban J connectivity index is 1.12. The molecule has 3 fully saturated rings. The van der Waals surface area contributed by atoms with Crippen LogP contribution in [0.4, 0.5) is 0 Å². The minimum Gasteiger partial charge on any atom is -0.386 e. The number of phosphoric ester groups is 2. The highest BCUT2D eigenvalue weighted by Gasteiger charge is 2.57. The van der Waals surface area contributed by atoms with Crippen molar-refractivity contribution in [2.45, 2.75) is 61.2 Å². The summed E-state index contributed by atoms with van der Waals surface area (Å²) in [7, 11) is -10.2. The monoisotopic (exact) mass is 690 g/mol. The van der Waals surface area contributed by atoms with E-state index in [2.05, 4.69) is 30.0 Å². The van der Waals surface area contributed by atoms with Gasteiger partial charge < -0.3 is 40.9 Å². The average molecular weight is 690 g/mol. The molecule has 26 heteroatoms. The fraction of sp³-hybridized carbons (Fsp3) is 0.600. The number of nitrogens with two attached hydrogens (primary N) is 2. The van der Waals surface area contributed by atoms with E-state index in [0.29, 0.717) is 0 Å². The van der Waals surface area contributed by atoms with Gasteiger partial charge in [-0.25, -0.2) is 9.13 Å². The van der Waals surface area contributed by atoms with Gasteiger partial charge in [0.25, 0.3) is 11.8 Å². The van der Waals surface area contributed by atoms with Gasteiger partial charge in [-0.3, -0.25) is 47.5 Å². The SMILES string of the molecule is NC1=NC(=O)C2N=CN([C@@H]3O[C@@H]4COP(=O)(O)O[C@H]5[C@@H](O)[C@H](N6C=NC7C(=O)N=C(N)N=C76)O[C@@H]5COP(=O)(O)O[C@H]4[C@H]3O)C2=N1. The largest absolute Gasteiger partial charge is 0.472 e. The number of carbonyl (C=O) groups excluding carboxylic acids is 2. The lowest BCUT2D eigenvalue weighted by molar-refractivity contribution is -0.118. The third-order valence-electron chi connectivity index (χ3n) is 7.55. The van der Waals surface area contributed by atoms with E-state index < -0.39 is 102 Å². The predicted molar refractivity (Wildman–Crippen MR) is 147 cm³/mol. The molecular formula is C20H24N10O14P2. The maximum Gasteiger partial charge on any atom is 0.472 e. The number of hydrogen-bond donors (Lipinski definition) is 6. The Morgan fingerprint density at radius 3 is 1.50 bits per heavy atom. The van der Waals surface area contributed by atoms with E-state index in [4.69, 9.17) is 39.0 Å². The van der Waals surface area contributed by atoms with Crippen LogP contribution in [0.1, 0.15) is 0 Å². The molecule has 0 aromatic carbocycles. The Labute approximate surface area is 255 Å². The van der Waals surface area contributed by atoms with E-state index in [-0.39, 0.29) is 23.6 Å². The van der Waals surface area contributed by atoms with Crippen molar-refractivity contribution < 1.29 is 66.3 Å². The summed E-state index contributed by atoms with van der Waals surface area (Å²) < 4.78 is 58.4. The number of aliphatic hydroxyl groups is 2. The lowest BCUT2D eigenvalue weighted by atomic mass is 10.1. The van der Waals surface area contributed by atoms with E-state index >= 15 is 0 Å². The molecule has 7 aliphatic heterocycles. The van der Waals surface area contributed by atoms with Crippen molar-refractivity contribution in [1.29, 1.82) is 0 Å². The predicted octanol–water partition coefficient (Wildman–Crippen LogP) is -4.89. The number of hydrogen-bond acceptors (Lipinski definition) is 20. The van der Waals surface area contributed by atoms with Crippen LogP contribution in [0.2, 0.25) is 0 Å². The van der Waals surface area contributed by atoms with Gasteiger partial charge >= 0.3 is 15.6 Å². The number of aliphatic imine (C=N–C) groups is 6. The minimum atomic E-state index is -5.10. The molecule has 8 N–H and O–H groups in total. The molecule has 2 amide bonds. The summed E-state index contributed by atoms with van der Waals surface area (Å²) >= 11 is 0. The van der Waals surface area contributed by atoms with Crippen LogP contribution in [0, 0.1) is 0 Å². The fourth-order valence-electron chi connectivity index (χ4n) is 5.55. The maximum atomic E-state index is 13.1. The molecule has 3 saturated heterocycles. The first kappa shape index (κ1) is 31.2. The number of phosphoric acid groups is 2. The van der Waals surface area contributed by atoms with Crippen molar-refractivity contribution in [2.75, 3.05) is 13.2 Å². The number of nitrogens with zero attached hydrogens (tertiary/aromatic N) is 8. The van der Waals surface area contributed by atoms with Crippen molar-refractivity contribution >= 4 is 63.7 Å². The van der Waals surface area contributed by atoms with Crippen molar-refractivity contribution in [2.24, 2.45) is 41.4 Å². The van der Waals surface area contributed by atoms with Crippen LogP contribution in [-0.2, 0) is 46.3 Å². The number of amides is 2. The van der Waals surface area contributed by atoms with E-state index in [1.54, 1.807) is 0 Å². The van der Waals surface area contributed by atoms with Gasteiger partial charge in [-0.1, -0.05) is 0 Å². The number of ether oxygens (including phenoxy) is 2. The van der Waals surface area contributed by atoms with E-state index in [9.17, 15) is 38.7 Å². The third-order valence-corrected chi connectivity index (χ3v) is 9.53. The van der Waals surface area contributed by atoms with E-state index in [1.807, 2.05) is 0 Å². The molecule has 248 valence electrons. The normalized spacial score (nSPS) is 45.6. The zero-order chi connectivity index (χ0) is 32.7. The molecule has 0 radical (unpaired) electrons. The second kappa shape index (κ2) is 11.1. The van der Waals surface area contributed by atoms with E-state index in [1.165, 1.54) is 0 Å². The maximum absolute atomic E-state index is 13.1. The summed E-state index contributed by atoms with van der Waals surface area (Å²) in [5.74, 6) is -2.38. The molecule has 7 rings (SSSR count). The van der Waals surface area contributed by atoms with Gasteiger partial charge in [0.15, 0.2) is 36.2 Å². The van der Waals surface area contributed by atoms with Crippen LogP contribution >= 0.6 is 15.6 Å². The summed E-state index contributed by atoms with van der Waals surface area (Å²) in [5, 5.41) is 22.2. The van der Waals surface area contributed by atoms with Gasteiger partial charge in [-0.2, -0.15) is 20.0 Å². The lowest BCUT2D eigenvalue weighted by Gasteiger charge is -2.28. The first-order valence-corrected chi connectivity index (χ1v) is 16.3. The third kappa shape index (κ3) is 5.40. The fourth-order valence-corrected chi connectivity index (χ4v) is 7.48. The average Bonchev–Trinajstić information content (AvgIpc) is 3.72. The Morgan fingerprint density at radius 2 is 1.11 bits per heavy atom. The van der Waals surface area contributed by atoms with Crippen LogP contribution in [-0.4, -0.2) is 152 Å². The molecule has 0 aromatic rings. The number of aliphatic hydroxyl groups excluding tert-OH is 2. The van der Waals surface area contributed by atoms with Crippen molar-refractivity contribution in [3.63, 3.8) is 0 Å². The summed E-state index contributed by atoms with van der Waals surface area (Å²) in [6.07, 6.45) is -10.8. The number of guanidine groups is 2. The van der Waals surface area contributed by atoms with Crippen molar-refractivity contribution in [1.82, 2.24) is 9.80 Å². The molecule has 0 aliphatic carbocycles. The molecule has 4 unspecified atom stereocenters. The van der Waals surface area contributed by atoms with Gasteiger partial charge in [0.05, 0.1) is 25.9 Å². The van der Waals surface area contributed by atoms with Crippen LogP contribution in [0.3, 0.4) is 0 Å². The van der Waals surface area contributed by atoms with Crippen LogP contribution in [0.15, 0.2) is 30.0 Å². The number of amidine groups is 2. The second-order valence-electron chi connectivity index (χ2n) is 10.5. The highest BCUT2D eigenvalue weighted by Crippen LogP contribution is 2.52. The number of fused-ring (bicyclic) bond motifs is 4. The zero-order valence-corrected chi connectivity index (χ0v) is 24.6. The number of rotatable bonds is 2. The standard InChI is InChI=1S/C20H24N10O14P2/c21-19-25-13-7(15(33)27-19)23-3-29(13)17-9(31)11-5(41-17)1-39-45(35,36)44-12-6(2-40-46(37,38)43-11)42-18(10(12)32)30-4-24-8-14(30)26-20(22)28-16(8)34/h3-12,17-18,31-32H,1-2H2,(H,35,36)(H,37,38)(H2,21,27,33)(H2,22,28,34)/t5-,6-,7?,8?,9-,10-,11-,12-,17-,18-/m1/s1.